The molecule has 2 rings (SSSR count). The molecule has 1 amide bonds. The van der Waals surface area contributed by atoms with Crippen molar-refractivity contribution >= 4 is 35.0 Å². The summed E-state index contributed by atoms with van der Waals surface area (Å²) in [5.41, 5.74) is 2.32. The number of carbonyl (C=O) groups is 1. The number of hydrogen-bond donors (Lipinski definition) is 1. The molecule has 0 bridgehead atoms. The first-order chi connectivity index (χ1) is 9.63. The molecule has 0 spiro atoms. The second-order valence-corrected chi connectivity index (χ2v) is 6.01. The fourth-order valence-corrected chi connectivity index (χ4v) is 2.84. The van der Waals surface area contributed by atoms with Crippen molar-refractivity contribution in [2.45, 2.75) is 18.7 Å². The topological polar surface area (TPSA) is 29.1 Å². The van der Waals surface area contributed by atoms with E-state index in [9.17, 15) is 4.79 Å². The van der Waals surface area contributed by atoms with Gasteiger partial charge in [0.15, 0.2) is 0 Å². The molecule has 104 valence electrons. The first kappa shape index (κ1) is 14.9. The molecule has 0 aliphatic heterocycles. The molecule has 0 unspecified atom stereocenters. The van der Waals surface area contributed by atoms with Gasteiger partial charge in [0.05, 0.1) is 5.56 Å². The Morgan fingerprint density at radius 3 is 2.70 bits per heavy atom. The lowest BCUT2D eigenvalue weighted by Crippen LogP contribution is -2.13. The van der Waals surface area contributed by atoms with Crippen LogP contribution in [0.3, 0.4) is 0 Å². The van der Waals surface area contributed by atoms with Gasteiger partial charge >= 0.3 is 0 Å². The van der Waals surface area contributed by atoms with Gasteiger partial charge in [-0.05, 0) is 42.5 Å². The molecule has 1 N–H and O–H groups in total. The Balaban J connectivity index is 2.26. The van der Waals surface area contributed by atoms with Crippen molar-refractivity contribution in [2.24, 2.45) is 0 Å². The minimum absolute atomic E-state index is 0.105. The molecule has 0 aliphatic carbocycles. The Hall–Kier alpha value is -1.45. The molecule has 0 atom stereocenters. The summed E-state index contributed by atoms with van der Waals surface area (Å²) in [5.74, 6) is 0.826. The van der Waals surface area contributed by atoms with Gasteiger partial charge in [-0.1, -0.05) is 36.7 Å². The van der Waals surface area contributed by atoms with Crippen LogP contribution in [0.4, 0.5) is 5.69 Å². The van der Waals surface area contributed by atoms with E-state index in [1.165, 1.54) is 0 Å². The number of carbonyl (C=O) groups excluding carboxylic acids is 1. The SMILES string of the molecule is CCSc1ccccc1C(=O)Nc1cccc(Cl)c1C. The number of nitrogens with one attached hydrogen (secondary N) is 1. The lowest BCUT2D eigenvalue weighted by molar-refractivity contribution is 0.102. The quantitative estimate of drug-likeness (QED) is 0.804. The zero-order valence-corrected chi connectivity index (χ0v) is 13.0. The Morgan fingerprint density at radius 2 is 1.95 bits per heavy atom. The van der Waals surface area contributed by atoms with Gasteiger partial charge in [0.25, 0.3) is 5.91 Å². The molecule has 0 saturated carbocycles. The Kier molecular flexibility index (Phi) is 5.10. The second-order valence-electron chi connectivity index (χ2n) is 4.30. The van der Waals surface area contributed by atoms with Gasteiger partial charge in [0.2, 0.25) is 0 Å². The van der Waals surface area contributed by atoms with Crippen LogP contribution in [0.1, 0.15) is 22.8 Å². The van der Waals surface area contributed by atoms with E-state index in [1.807, 2.05) is 49.4 Å². The van der Waals surface area contributed by atoms with Crippen LogP contribution in [0.2, 0.25) is 5.02 Å². The first-order valence-corrected chi connectivity index (χ1v) is 7.78. The normalized spacial score (nSPS) is 10.3. The molecular weight excluding hydrogens is 290 g/mol. The molecule has 0 fully saturated rings. The largest absolute Gasteiger partial charge is 0.322 e. The van der Waals surface area contributed by atoms with Gasteiger partial charge < -0.3 is 5.32 Å². The summed E-state index contributed by atoms with van der Waals surface area (Å²) in [4.78, 5) is 13.4. The average Bonchev–Trinajstić information content (AvgIpc) is 2.45. The van der Waals surface area contributed by atoms with E-state index in [0.717, 1.165) is 21.9 Å². The first-order valence-electron chi connectivity index (χ1n) is 6.41. The summed E-state index contributed by atoms with van der Waals surface area (Å²) in [6.07, 6.45) is 0. The number of anilines is 1. The molecule has 20 heavy (non-hydrogen) atoms. The van der Waals surface area contributed by atoms with Crippen molar-refractivity contribution in [2.75, 3.05) is 11.1 Å². The third kappa shape index (κ3) is 3.35. The molecule has 2 nitrogen and oxygen atoms in total. The van der Waals surface area contributed by atoms with Crippen molar-refractivity contribution in [3.63, 3.8) is 0 Å². The molecule has 0 aromatic heterocycles. The van der Waals surface area contributed by atoms with E-state index in [-0.39, 0.29) is 5.91 Å². The molecule has 2 aromatic rings. The standard InChI is InChI=1S/C16H16ClNOS/c1-3-20-15-10-5-4-7-12(15)16(19)18-14-9-6-8-13(17)11(14)2/h4-10H,3H2,1-2H3,(H,18,19). The Bertz CT molecular complexity index is 628. The summed E-state index contributed by atoms with van der Waals surface area (Å²) < 4.78 is 0. The highest BCUT2D eigenvalue weighted by molar-refractivity contribution is 7.99. The number of rotatable bonds is 4. The predicted molar refractivity (Wildman–Crippen MR) is 87.0 cm³/mol. The number of halogens is 1. The van der Waals surface area contributed by atoms with Crippen LogP contribution in [-0.2, 0) is 0 Å². The lowest BCUT2D eigenvalue weighted by Gasteiger charge is -2.11. The highest BCUT2D eigenvalue weighted by atomic mass is 35.5. The Labute approximate surface area is 128 Å². The van der Waals surface area contributed by atoms with Crippen LogP contribution in [0.15, 0.2) is 47.4 Å². The minimum atomic E-state index is -0.105. The molecule has 0 saturated heterocycles. The van der Waals surface area contributed by atoms with Crippen LogP contribution < -0.4 is 5.32 Å². The van der Waals surface area contributed by atoms with E-state index in [1.54, 1.807) is 11.8 Å². The fraction of sp³-hybridized carbons (Fsp3) is 0.188. The monoisotopic (exact) mass is 305 g/mol. The van der Waals surface area contributed by atoms with Gasteiger partial charge in [-0.2, -0.15) is 0 Å². The van der Waals surface area contributed by atoms with Crippen LogP contribution in [0.5, 0.6) is 0 Å². The average molecular weight is 306 g/mol. The highest BCUT2D eigenvalue weighted by Crippen LogP contribution is 2.26. The van der Waals surface area contributed by atoms with E-state index >= 15 is 0 Å². The maximum atomic E-state index is 12.4. The zero-order chi connectivity index (χ0) is 14.5. The summed E-state index contributed by atoms with van der Waals surface area (Å²) in [6, 6.07) is 13.1. The van der Waals surface area contributed by atoms with E-state index < -0.39 is 0 Å². The van der Waals surface area contributed by atoms with E-state index in [2.05, 4.69) is 12.2 Å². The van der Waals surface area contributed by atoms with Crippen molar-refractivity contribution in [1.82, 2.24) is 0 Å². The maximum absolute atomic E-state index is 12.4. The van der Waals surface area contributed by atoms with Gasteiger partial charge in [-0.25, -0.2) is 0 Å². The third-order valence-electron chi connectivity index (χ3n) is 2.95. The van der Waals surface area contributed by atoms with E-state index in [0.29, 0.717) is 10.6 Å². The number of benzene rings is 2. The number of amides is 1. The molecule has 2 aromatic carbocycles. The van der Waals surface area contributed by atoms with Crippen LogP contribution >= 0.6 is 23.4 Å². The summed E-state index contributed by atoms with van der Waals surface area (Å²) in [6.45, 7) is 3.96. The summed E-state index contributed by atoms with van der Waals surface area (Å²) in [5, 5.41) is 3.58. The summed E-state index contributed by atoms with van der Waals surface area (Å²) in [7, 11) is 0. The fourth-order valence-electron chi connectivity index (χ4n) is 1.87. The number of hydrogen-bond acceptors (Lipinski definition) is 2. The zero-order valence-electron chi connectivity index (χ0n) is 11.4. The molecule has 0 radical (unpaired) electrons. The number of thioether (sulfide) groups is 1. The van der Waals surface area contributed by atoms with Crippen LogP contribution in [0.25, 0.3) is 0 Å². The van der Waals surface area contributed by atoms with Crippen molar-refractivity contribution in [3.05, 3.63) is 58.6 Å². The minimum Gasteiger partial charge on any atom is -0.322 e. The summed E-state index contributed by atoms with van der Waals surface area (Å²) >= 11 is 7.73. The van der Waals surface area contributed by atoms with Crippen molar-refractivity contribution < 1.29 is 4.79 Å². The van der Waals surface area contributed by atoms with Gasteiger partial charge in [-0.3, -0.25) is 4.79 Å². The molecule has 0 aliphatic rings. The van der Waals surface area contributed by atoms with Crippen LogP contribution in [0, 0.1) is 6.92 Å². The van der Waals surface area contributed by atoms with Gasteiger partial charge in [0.1, 0.15) is 0 Å². The smallest absolute Gasteiger partial charge is 0.256 e. The maximum Gasteiger partial charge on any atom is 0.256 e. The van der Waals surface area contributed by atoms with Crippen molar-refractivity contribution in [3.8, 4) is 0 Å². The highest BCUT2D eigenvalue weighted by Gasteiger charge is 2.12. The van der Waals surface area contributed by atoms with Gasteiger partial charge in [-0.15, -0.1) is 11.8 Å². The van der Waals surface area contributed by atoms with E-state index in [4.69, 9.17) is 11.6 Å². The van der Waals surface area contributed by atoms with Crippen LogP contribution in [-0.4, -0.2) is 11.7 Å². The predicted octanol–water partition coefficient (Wildman–Crippen LogP) is 5.01. The van der Waals surface area contributed by atoms with Gasteiger partial charge in [0, 0.05) is 15.6 Å². The third-order valence-corrected chi connectivity index (χ3v) is 4.31. The lowest BCUT2D eigenvalue weighted by atomic mass is 10.1. The Morgan fingerprint density at radius 1 is 1.20 bits per heavy atom. The van der Waals surface area contributed by atoms with Crippen molar-refractivity contribution in [1.29, 1.82) is 0 Å². The molecule has 4 heteroatoms. The molecular formula is C16H16ClNOS. The molecule has 0 heterocycles. The second kappa shape index (κ2) is 6.82.